The molecule has 0 unspecified atom stereocenters. The second-order valence-electron chi connectivity index (χ2n) is 7.77. The summed E-state index contributed by atoms with van der Waals surface area (Å²) in [6.07, 6.45) is 0. The van der Waals surface area contributed by atoms with Crippen LogP contribution in [0.25, 0.3) is 11.0 Å². The Kier molecular flexibility index (Phi) is 5.79. The lowest BCUT2D eigenvalue weighted by Gasteiger charge is -2.30. The number of nitrogens with zero attached hydrogens (tertiary/aromatic N) is 3. The standard InChI is InChI=1S/C25H23ClN4O3/c1-32-18-7-9-19(10-8-18)33-16-25(31)28-21-11-6-17(14-20(21)26)29-12-13-30-23-5-3-2-4-22(23)27-24(30)15-29/h2-11,14H,12-13,15-16H2,1H3,(H,28,31). The van der Waals surface area contributed by atoms with E-state index >= 15 is 0 Å². The predicted molar refractivity (Wildman–Crippen MR) is 129 cm³/mol. The largest absolute Gasteiger partial charge is 0.497 e. The number of ether oxygens (including phenoxy) is 2. The number of carbonyl (C=O) groups is 1. The van der Waals surface area contributed by atoms with E-state index in [1.165, 1.54) is 5.52 Å². The number of fused-ring (bicyclic) bond motifs is 3. The van der Waals surface area contributed by atoms with Crippen LogP contribution in [-0.4, -0.2) is 35.7 Å². The Balaban J connectivity index is 1.22. The summed E-state index contributed by atoms with van der Waals surface area (Å²) in [5.74, 6) is 2.06. The number of amides is 1. The maximum absolute atomic E-state index is 12.3. The van der Waals surface area contributed by atoms with Gasteiger partial charge in [-0.25, -0.2) is 4.98 Å². The van der Waals surface area contributed by atoms with Crippen LogP contribution in [0.2, 0.25) is 5.02 Å². The van der Waals surface area contributed by atoms with Gasteiger partial charge in [0.1, 0.15) is 17.3 Å². The molecule has 4 aromatic rings. The van der Waals surface area contributed by atoms with Crippen molar-refractivity contribution in [3.8, 4) is 11.5 Å². The molecule has 3 aromatic carbocycles. The molecule has 168 valence electrons. The molecule has 1 N–H and O–H groups in total. The maximum atomic E-state index is 12.3. The van der Waals surface area contributed by atoms with Crippen LogP contribution in [0.4, 0.5) is 11.4 Å². The van der Waals surface area contributed by atoms with Crippen molar-refractivity contribution in [2.45, 2.75) is 13.1 Å². The number of imidazole rings is 1. The van der Waals surface area contributed by atoms with Crippen molar-refractivity contribution < 1.29 is 14.3 Å². The molecule has 1 aromatic heterocycles. The summed E-state index contributed by atoms with van der Waals surface area (Å²) in [7, 11) is 1.60. The quantitative estimate of drug-likeness (QED) is 0.448. The number of hydrogen-bond donors (Lipinski definition) is 1. The summed E-state index contributed by atoms with van der Waals surface area (Å²) in [6.45, 7) is 2.29. The molecule has 0 bridgehead atoms. The topological polar surface area (TPSA) is 68.6 Å². The average molecular weight is 463 g/mol. The summed E-state index contributed by atoms with van der Waals surface area (Å²) in [4.78, 5) is 19.3. The number of rotatable bonds is 6. The van der Waals surface area contributed by atoms with Gasteiger partial charge in [-0.1, -0.05) is 23.7 Å². The third-order valence-corrected chi connectivity index (χ3v) is 5.99. The summed E-state index contributed by atoms with van der Waals surface area (Å²) in [6, 6.07) is 20.9. The first kappa shape index (κ1) is 21.2. The minimum absolute atomic E-state index is 0.118. The van der Waals surface area contributed by atoms with Crippen LogP contribution in [0.1, 0.15) is 5.82 Å². The van der Waals surface area contributed by atoms with Crippen molar-refractivity contribution in [3.63, 3.8) is 0 Å². The van der Waals surface area contributed by atoms with Gasteiger partial charge < -0.3 is 24.3 Å². The number of para-hydroxylation sites is 2. The van der Waals surface area contributed by atoms with Crippen LogP contribution in [0.15, 0.2) is 66.7 Å². The van der Waals surface area contributed by atoms with Gasteiger partial charge in [0.05, 0.1) is 35.4 Å². The van der Waals surface area contributed by atoms with Crippen LogP contribution < -0.4 is 19.7 Å². The number of carbonyl (C=O) groups excluding carboxylic acids is 1. The molecule has 0 spiro atoms. The Morgan fingerprint density at radius 3 is 2.64 bits per heavy atom. The molecule has 0 aliphatic carbocycles. The Labute approximate surface area is 196 Å². The number of aromatic nitrogens is 2. The van der Waals surface area contributed by atoms with E-state index < -0.39 is 0 Å². The molecule has 1 aliphatic rings. The molecule has 33 heavy (non-hydrogen) atoms. The first-order chi connectivity index (χ1) is 16.1. The Morgan fingerprint density at radius 2 is 1.85 bits per heavy atom. The molecule has 8 heteroatoms. The smallest absolute Gasteiger partial charge is 0.262 e. The van der Waals surface area contributed by atoms with Gasteiger partial charge in [0, 0.05) is 18.8 Å². The number of nitrogens with one attached hydrogen (secondary N) is 1. The maximum Gasteiger partial charge on any atom is 0.262 e. The summed E-state index contributed by atoms with van der Waals surface area (Å²) >= 11 is 6.49. The molecule has 0 radical (unpaired) electrons. The van der Waals surface area contributed by atoms with Gasteiger partial charge in [0.2, 0.25) is 0 Å². The third-order valence-electron chi connectivity index (χ3n) is 5.68. The highest BCUT2D eigenvalue weighted by Gasteiger charge is 2.21. The van der Waals surface area contributed by atoms with E-state index in [1.807, 2.05) is 36.4 Å². The van der Waals surface area contributed by atoms with Crippen molar-refractivity contribution in [2.75, 3.05) is 30.5 Å². The van der Waals surface area contributed by atoms with E-state index in [-0.39, 0.29) is 12.5 Å². The fourth-order valence-electron chi connectivity index (χ4n) is 4.00. The van der Waals surface area contributed by atoms with Crippen LogP contribution in [-0.2, 0) is 17.9 Å². The number of benzene rings is 3. The predicted octanol–water partition coefficient (Wildman–Crippen LogP) is 4.74. The highest BCUT2D eigenvalue weighted by molar-refractivity contribution is 6.34. The van der Waals surface area contributed by atoms with Gasteiger partial charge in [0.15, 0.2) is 6.61 Å². The lowest BCUT2D eigenvalue weighted by Crippen LogP contribution is -2.33. The number of hydrogen-bond acceptors (Lipinski definition) is 5. The Hall–Kier alpha value is -3.71. The molecule has 1 aliphatic heterocycles. The van der Waals surface area contributed by atoms with E-state index in [9.17, 15) is 4.79 Å². The second kappa shape index (κ2) is 9.03. The van der Waals surface area contributed by atoms with Crippen molar-refractivity contribution in [1.29, 1.82) is 0 Å². The highest BCUT2D eigenvalue weighted by atomic mass is 35.5. The number of anilines is 2. The van der Waals surface area contributed by atoms with E-state index in [4.69, 9.17) is 26.1 Å². The third kappa shape index (κ3) is 4.45. The molecule has 2 heterocycles. The Morgan fingerprint density at radius 1 is 1.06 bits per heavy atom. The molecule has 1 amide bonds. The molecular weight excluding hydrogens is 440 g/mol. The average Bonchev–Trinajstić information content (AvgIpc) is 3.22. The Bertz CT molecular complexity index is 1300. The van der Waals surface area contributed by atoms with Crippen LogP contribution in [0.3, 0.4) is 0 Å². The zero-order valence-corrected chi connectivity index (χ0v) is 18.9. The van der Waals surface area contributed by atoms with Gasteiger partial charge in [-0.3, -0.25) is 4.79 Å². The van der Waals surface area contributed by atoms with Crippen molar-refractivity contribution >= 4 is 39.9 Å². The van der Waals surface area contributed by atoms with Gasteiger partial charge in [0.25, 0.3) is 5.91 Å². The fraction of sp³-hybridized carbons (Fsp3) is 0.200. The van der Waals surface area contributed by atoms with Gasteiger partial charge in [-0.05, 0) is 54.6 Å². The van der Waals surface area contributed by atoms with Crippen LogP contribution >= 0.6 is 11.6 Å². The zero-order chi connectivity index (χ0) is 22.8. The minimum atomic E-state index is -0.285. The molecule has 0 saturated heterocycles. The lowest BCUT2D eigenvalue weighted by atomic mass is 10.2. The van der Waals surface area contributed by atoms with Gasteiger partial charge in [-0.2, -0.15) is 0 Å². The first-order valence-electron chi connectivity index (χ1n) is 10.7. The summed E-state index contributed by atoms with van der Waals surface area (Å²) < 4.78 is 12.9. The number of halogens is 1. The van der Waals surface area contributed by atoms with E-state index in [0.29, 0.717) is 23.0 Å². The minimum Gasteiger partial charge on any atom is -0.497 e. The summed E-state index contributed by atoms with van der Waals surface area (Å²) in [5.41, 5.74) is 3.72. The molecular formula is C25H23ClN4O3. The summed E-state index contributed by atoms with van der Waals surface area (Å²) in [5, 5.41) is 3.29. The monoisotopic (exact) mass is 462 g/mol. The highest BCUT2D eigenvalue weighted by Crippen LogP contribution is 2.30. The molecule has 5 rings (SSSR count). The van der Waals surface area contributed by atoms with Crippen molar-refractivity contribution in [3.05, 3.63) is 77.6 Å². The lowest BCUT2D eigenvalue weighted by molar-refractivity contribution is -0.118. The van der Waals surface area contributed by atoms with Crippen molar-refractivity contribution in [1.82, 2.24) is 9.55 Å². The van der Waals surface area contributed by atoms with E-state index in [1.54, 1.807) is 31.4 Å². The normalized spacial score (nSPS) is 13.0. The van der Waals surface area contributed by atoms with E-state index in [2.05, 4.69) is 20.9 Å². The number of methoxy groups -OCH3 is 1. The molecule has 0 saturated carbocycles. The van der Waals surface area contributed by atoms with Gasteiger partial charge in [-0.15, -0.1) is 0 Å². The first-order valence-corrected chi connectivity index (χ1v) is 11.0. The SMILES string of the molecule is COc1ccc(OCC(=O)Nc2ccc(N3CCn4c(nc5ccccc54)C3)cc2Cl)cc1. The molecule has 0 fully saturated rings. The second-order valence-corrected chi connectivity index (χ2v) is 8.17. The fourth-order valence-corrected chi connectivity index (χ4v) is 4.22. The van der Waals surface area contributed by atoms with Crippen LogP contribution in [0, 0.1) is 0 Å². The molecule has 0 atom stereocenters. The zero-order valence-electron chi connectivity index (χ0n) is 18.1. The van der Waals surface area contributed by atoms with Crippen LogP contribution in [0.5, 0.6) is 11.5 Å². The van der Waals surface area contributed by atoms with Crippen molar-refractivity contribution in [2.24, 2.45) is 0 Å². The van der Waals surface area contributed by atoms with E-state index in [0.717, 1.165) is 35.9 Å². The molecule has 7 nitrogen and oxygen atoms in total. The van der Waals surface area contributed by atoms with Gasteiger partial charge >= 0.3 is 0 Å².